The van der Waals surface area contributed by atoms with Gasteiger partial charge in [-0.25, -0.2) is 0 Å². The quantitative estimate of drug-likeness (QED) is 0.166. The topological polar surface area (TPSA) is 3.24 Å². The van der Waals surface area contributed by atoms with Crippen LogP contribution < -0.4 is 4.90 Å². The van der Waals surface area contributed by atoms with Gasteiger partial charge in [-0.3, -0.25) is 0 Å². The van der Waals surface area contributed by atoms with Crippen molar-refractivity contribution < 1.29 is 0 Å². The highest BCUT2D eigenvalue weighted by atomic mass is 15.1. The summed E-state index contributed by atoms with van der Waals surface area (Å²) in [6.45, 7) is 4.68. The van der Waals surface area contributed by atoms with E-state index in [0.717, 1.165) is 17.1 Å². The third-order valence-electron chi connectivity index (χ3n) is 11.2. The molecule has 0 saturated carbocycles. The van der Waals surface area contributed by atoms with Crippen LogP contribution >= 0.6 is 0 Å². The number of benzene rings is 9. The van der Waals surface area contributed by atoms with Crippen LogP contribution in [0.2, 0.25) is 0 Å². The third kappa shape index (κ3) is 4.70. The van der Waals surface area contributed by atoms with Gasteiger partial charge in [0.15, 0.2) is 0 Å². The normalized spacial score (nSPS) is 13.0. The molecular weight excluding hydrogens is 627 g/mol. The molecule has 0 saturated heterocycles. The Balaban J connectivity index is 1.20. The first-order valence-corrected chi connectivity index (χ1v) is 18.2. The predicted molar refractivity (Wildman–Crippen MR) is 222 cm³/mol. The van der Waals surface area contributed by atoms with Gasteiger partial charge in [-0.2, -0.15) is 0 Å². The van der Waals surface area contributed by atoms with Gasteiger partial charge in [0.05, 0.1) is 11.4 Å². The Morgan fingerprint density at radius 2 is 0.981 bits per heavy atom. The van der Waals surface area contributed by atoms with Crippen molar-refractivity contribution in [3.05, 3.63) is 199 Å². The second-order valence-electron chi connectivity index (χ2n) is 14.5. The summed E-state index contributed by atoms with van der Waals surface area (Å²) in [6, 6.07) is 69.2. The molecule has 10 rings (SSSR count). The molecule has 0 radical (unpaired) electrons. The van der Waals surface area contributed by atoms with Crippen LogP contribution in [0.5, 0.6) is 0 Å². The van der Waals surface area contributed by atoms with Gasteiger partial charge in [0.1, 0.15) is 0 Å². The predicted octanol–water partition coefficient (Wildman–Crippen LogP) is 14.3. The molecule has 0 unspecified atom stereocenters. The number of anilines is 3. The van der Waals surface area contributed by atoms with Gasteiger partial charge in [0.25, 0.3) is 0 Å². The van der Waals surface area contributed by atoms with Gasteiger partial charge in [0.2, 0.25) is 0 Å². The molecule has 52 heavy (non-hydrogen) atoms. The molecule has 9 aromatic carbocycles. The number of nitrogens with zero attached hydrogens (tertiary/aromatic N) is 1. The summed E-state index contributed by atoms with van der Waals surface area (Å²) in [7, 11) is 0. The molecule has 0 amide bonds. The van der Waals surface area contributed by atoms with Crippen molar-refractivity contribution in [2.75, 3.05) is 4.90 Å². The Hall–Kier alpha value is -6.44. The van der Waals surface area contributed by atoms with Crippen molar-refractivity contribution in [1.82, 2.24) is 0 Å². The zero-order valence-electron chi connectivity index (χ0n) is 29.3. The highest BCUT2D eigenvalue weighted by Crippen LogP contribution is 2.50. The van der Waals surface area contributed by atoms with Crippen molar-refractivity contribution in [2.45, 2.75) is 19.3 Å². The van der Waals surface area contributed by atoms with Crippen molar-refractivity contribution >= 4 is 49.4 Å². The van der Waals surface area contributed by atoms with E-state index in [9.17, 15) is 0 Å². The highest BCUT2D eigenvalue weighted by Gasteiger charge is 2.35. The molecule has 0 atom stereocenters. The lowest BCUT2D eigenvalue weighted by Crippen LogP contribution is -2.14. The lowest BCUT2D eigenvalue weighted by atomic mass is 9.82. The Morgan fingerprint density at radius 3 is 1.79 bits per heavy atom. The van der Waals surface area contributed by atoms with Crippen molar-refractivity contribution in [3.63, 3.8) is 0 Å². The summed E-state index contributed by atoms with van der Waals surface area (Å²) < 4.78 is 0. The maximum atomic E-state index is 2.48. The summed E-state index contributed by atoms with van der Waals surface area (Å²) in [4.78, 5) is 2.48. The molecule has 0 bridgehead atoms. The van der Waals surface area contributed by atoms with E-state index in [0.29, 0.717) is 0 Å². The molecule has 0 fully saturated rings. The van der Waals surface area contributed by atoms with Crippen LogP contribution in [-0.4, -0.2) is 0 Å². The Kier molecular flexibility index (Phi) is 6.91. The van der Waals surface area contributed by atoms with Gasteiger partial charge in [-0.05, 0) is 96.2 Å². The Labute approximate surface area is 305 Å². The molecule has 1 heteroatoms. The third-order valence-corrected chi connectivity index (χ3v) is 11.2. The maximum absolute atomic E-state index is 2.48. The van der Waals surface area contributed by atoms with Crippen LogP contribution in [0.4, 0.5) is 17.1 Å². The minimum absolute atomic E-state index is 0.00619. The van der Waals surface area contributed by atoms with Crippen LogP contribution in [0, 0.1) is 0 Å². The van der Waals surface area contributed by atoms with Crippen LogP contribution in [-0.2, 0) is 5.41 Å². The largest absolute Gasteiger partial charge is 0.309 e. The molecule has 0 spiro atoms. The second-order valence-corrected chi connectivity index (χ2v) is 14.5. The average Bonchev–Trinajstić information content (AvgIpc) is 3.44. The lowest BCUT2D eigenvalue weighted by molar-refractivity contribution is 0.660. The van der Waals surface area contributed by atoms with E-state index >= 15 is 0 Å². The van der Waals surface area contributed by atoms with Gasteiger partial charge < -0.3 is 4.90 Å². The van der Waals surface area contributed by atoms with Crippen molar-refractivity contribution in [3.8, 4) is 33.4 Å². The first-order valence-electron chi connectivity index (χ1n) is 18.2. The molecule has 0 aromatic heterocycles. The molecule has 0 heterocycles. The summed E-state index contributed by atoms with van der Waals surface area (Å²) in [5.41, 5.74) is 13.8. The summed E-state index contributed by atoms with van der Waals surface area (Å²) >= 11 is 0. The molecule has 246 valence electrons. The van der Waals surface area contributed by atoms with E-state index in [1.165, 1.54) is 76.8 Å². The van der Waals surface area contributed by atoms with Crippen LogP contribution in [0.15, 0.2) is 188 Å². The first-order chi connectivity index (χ1) is 25.6. The second kappa shape index (κ2) is 11.8. The minimum atomic E-state index is -0.00619. The smallest absolute Gasteiger partial charge is 0.0546 e. The van der Waals surface area contributed by atoms with Crippen LogP contribution in [0.1, 0.15) is 25.0 Å². The average molecular weight is 664 g/mol. The standard InChI is InChI=1S/C51H37N/c1-51(2)46-23-13-12-21-43(46)45-32-37(26-30-47(45)51)34-24-28-39(29-25-34)52(49-33-38-17-7-8-18-40(38)42-20-10-11-22-44(42)49)48-31-27-35-14-6-9-19-41(35)50(48)36-15-4-3-5-16-36/h3-33H,1-2H3. The molecule has 9 aromatic rings. The summed E-state index contributed by atoms with van der Waals surface area (Å²) in [5.74, 6) is 0. The number of fused-ring (bicyclic) bond motifs is 7. The maximum Gasteiger partial charge on any atom is 0.0546 e. The lowest BCUT2D eigenvalue weighted by Gasteiger charge is -2.30. The zero-order chi connectivity index (χ0) is 34.8. The van der Waals surface area contributed by atoms with Gasteiger partial charge in [-0.1, -0.05) is 172 Å². The van der Waals surface area contributed by atoms with E-state index in [-0.39, 0.29) is 5.41 Å². The van der Waals surface area contributed by atoms with E-state index in [2.05, 4.69) is 207 Å². The molecule has 0 aliphatic heterocycles. The Bertz CT molecular complexity index is 2810. The summed E-state index contributed by atoms with van der Waals surface area (Å²) in [5, 5.41) is 7.42. The van der Waals surface area contributed by atoms with Gasteiger partial charge >= 0.3 is 0 Å². The minimum Gasteiger partial charge on any atom is -0.309 e. The van der Waals surface area contributed by atoms with E-state index in [4.69, 9.17) is 0 Å². The molecule has 0 N–H and O–H groups in total. The highest BCUT2D eigenvalue weighted by molar-refractivity contribution is 6.16. The molecule has 1 aliphatic rings. The number of hydrogen-bond acceptors (Lipinski definition) is 1. The summed E-state index contributed by atoms with van der Waals surface area (Å²) in [6.07, 6.45) is 0. The van der Waals surface area contributed by atoms with E-state index < -0.39 is 0 Å². The Morgan fingerprint density at radius 1 is 0.365 bits per heavy atom. The SMILES string of the molecule is CC1(C)c2ccccc2-c2cc(-c3ccc(N(c4ccc5ccccc5c4-c4ccccc4)c4cc5ccccc5c5ccccc45)cc3)ccc21. The van der Waals surface area contributed by atoms with E-state index in [1.54, 1.807) is 0 Å². The fraction of sp³-hybridized carbons (Fsp3) is 0.0588. The van der Waals surface area contributed by atoms with Crippen molar-refractivity contribution in [1.29, 1.82) is 0 Å². The van der Waals surface area contributed by atoms with Gasteiger partial charge in [-0.15, -0.1) is 0 Å². The zero-order valence-corrected chi connectivity index (χ0v) is 29.3. The van der Waals surface area contributed by atoms with Gasteiger partial charge in [0, 0.05) is 22.1 Å². The van der Waals surface area contributed by atoms with E-state index in [1.807, 2.05) is 0 Å². The molecular formula is C51H37N. The fourth-order valence-electron chi connectivity index (χ4n) is 8.68. The van der Waals surface area contributed by atoms with Crippen LogP contribution in [0.3, 0.4) is 0 Å². The number of hydrogen-bond donors (Lipinski definition) is 0. The first kappa shape index (κ1) is 30.4. The van der Waals surface area contributed by atoms with Crippen molar-refractivity contribution in [2.24, 2.45) is 0 Å². The molecule has 1 aliphatic carbocycles. The fourth-order valence-corrected chi connectivity index (χ4v) is 8.68. The monoisotopic (exact) mass is 663 g/mol. The number of rotatable bonds is 5. The molecule has 1 nitrogen and oxygen atoms in total. The van der Waals surface area contributed by atoms with Crippen LogP contribution in [0.25, 0.3) is 65.7 Å².